The van der Waals surface area contributed by atoms with E-state index in [9.17, 15) is 9.18 Å². The van der Waals surface area contributed by atoms with Crippen LogP contribution in [0.4, 0.5) is 4.39 Å². The first kappa shape index (κ1) is 20.3. The third-order valence-corrected chi connectivity index (χ3v) is 4.60. The predicted octanol–water partition coefficient (Wildman–Crippen LogP) is 3.85. The van der Waals surface area contributed by atoms with E-state index in [-0.39, 0.29) is 23.9 Å². The number of amides is 1. The Kier molecular flexibility index (Phi) is 7.01. The minimum Gasteiger partial charge on any atom is -0.457 e. The van der Waals surface area contributed by atoms with Gasteiger partial charge in [-0.1, -0.05) is 0 Å². The fourth-order valence-electron chi connectivity index (χ4n) is 3.39. The van der Waals surface area contributed by atoms with Crippen LogP contribution in [0.25, 0.3) is 0 Å². The van der Waals surface area contributed by atoms with Crippen LogP contribution in [-0.2, 0) is 4.74 Å². The van der Waals surface area contributed by atoms with Gasteiger partial charge in [0.25, 0.3) is 5.91 Å². The van der Waals surface area contributed by atoms with E-state index in [1.807, 2.05) is 0 Å². The number of nitrogens with zero attached hydrogens (tertiary/aromatic N) is 1. The largest absolute Gasteiger partial charge is 0.457 e. The molecule has 1 amide bonds. The molecule has 3 rings (SSSR count). The SMILES string of the molecule is CC1CN(CCCNC(=O)c2ccc(Oc3ccc(F)cc3)cc2)CC(C)O1. The van der Waals surface area contributed by atoms with Gasteiger partial charge in [0.15, 0.2) is 0 Å². The first-order chi connectivity index (χ1) is 13.5. The fourth-order valence-corrected chi connectivity index (χ4v) is 3.39. The summed E-state index contributed by atoms with van der Waals surface area (Å²) in [7, 11) is 0. The topological polar surface area (TPSA) is 50.8 Å². The quantitative estimate of drug-likeness (QED) is 0.735. The minimum absolute atomic E-state index is 0.1000. The lowest BCUT2D eigenvalue weighted by Crippen LogP contribution is -2.46. The van der Waals surface area contributed by atoms with Crippen LogP contribution in [0.3, 0.4) is 0 Å². The molecule has 0 radical (unpaired) electrons. The number of hydrogen-bond donors (Lipinski definition) is 1. The number of hydrogen-bond acceptors (Lipinski definition) is 4. The Morgan fingerprint density at radius 3 is 2.25 bits per heavy atom. The Bertz CT molecular complexity index is 754. The molecular formula is C22H27FN2O3. The van der Waals surface area contributed by atoms with E-state index in [1.165, 1.54) is 12.1 Å². The second-order valence-electron chi connectivity index (χ2n) is 7.21. The minimum atomic E-state index is -0.308. The number of nitrogens with one attached hydrogen (secondary N) is 1. The average Bonchev–Trinajstić information content (AvgIpc) is 2.67. The van der Waals surface area contributed by atoms with Crippen LogP contribution in [0, 0.1) is 5.82 Å². The summed E-state index contributed by atoms with van der Waals surface area (Å²) in [5.74, 6) is 0.734. The summed E-state index contributed by atoms with van der Waals surface area (Å²) in [4.78, 5) is 14.7. The number of halogens is 1. The molecule has 0 aliphatic carbocycles. The van der Waals surface area contributed by atoms with Crippen molar-refractivity contribution in [2.75, 3.05) is 26.2 Å². The molecule has 1 heterocycles. The van der Waals surface area contributed by atoms with Crippen LogP contribution in [0.15, 0.2) is 48.5 Å². The lowest BCUT2D eigenvalue weighted by molar-refractivity contribution is -0.0679. The standard InChI is InChI=1S/C22H27FN2O3/c1-16-14-25(15-17(2)27-16)13-3-12-24-22(26)18-4-8-20(9-5-18)28-21-10-6-19(23)7-11-21/h4-11,16-17H,3,12-15H2,1-2H3,(H,24,26). The maximum Gasteiger partial charge on any atom is 0.251 e. The van der Waals surface area contributed by atoms with Gasteiger partial charge in [-0.25, -0.2) is 4.39 Å². The van der Waals surface area contributed by atoms with E-state index in [1.54, 1.807) is 36.4 Å². The summed E-state index contributed by atoms with van der Waals surface area (Å²) < 4.78 is 24.3. The molecule has 0 aromatic heterocycles. The van der Waals surface area contributed by atoms with Gasteiger partial charge in [-0.05, 0) is 68.8 Å². The average molecular weight is 386 g/mol. The first-order valence-corrected chi connectivity index (χ1v) is 9.69. The van der Waals surface area contributed by atoms with E-state index >= 15 is 0 Å². The van der Waals surface area contributed by atoms with Gasteiger partial charge in [0.05, 0.1) is 12.2 Å². The molecule has 6 heteroatoms. The number of rotatable bonds is 7. The molecule has 5 nitrogen and oxygen atoms in total. The highest BCUT2D eigenvalue weighted by Gasteiger charge is 2.21. The molecule has 28 heavy (non-hydrogen) atoms. The molecule has 0 bridgehead atoms. The Morgan fingerprint density at radius 1 is 1.07 bits per heavy atom. The molecule has 2 aromatic carbocycles. The third-order valence-electron chi connectivity index (χ3n) is 4.60. The van der Waals surface area contributed by atoms with Crippen LogP contribution in [0.5, 0.6) is 11.5 Å². The van der Waals surface area contributed by atoms with E-state index in [0.717, 1.165) is 26.1 Å². The van der Waals surface area contributed by atoms with Crippen molar-refractivity contribution in [2.45, 2.75) is 32.5 Å². The third kappa shape index (κ3) is 6.04. The van der Waals surface area contributed by atoms with Crippen LogP contribution in [0.1, 0.15) is 30.6 Å². The Hall–Kier alpha value is -2.44. The molecular weight excluding hydrogens is 359 g/mol. The molecule has 2 unspecified atom stereocenters. The van der Waals surface area contributed by atoms with Crippen molar-refractivity contribution in [1.29, 1.82) is 0 Å². The van der Waals surface area contributed by atoms with Crippen molar-refractivity contribution in [3.8, 4) is 11.5 Å². The summed E-state index contributed by atoms with van der Waals surface area (Å²) in [5.41, 5.74) is 0.583. The Labute approximate surface area is 165 Å². The van der Waals surface area contributed by atoms with E-state index < -0.39 is 0 Å². The summed E-state index contributed by atoms with van der Waals surface area (Å²) in [5, 5.41) is 2.96. The van der Waals surface area contributed by atoms with Crippen LogP contribution < -0.4 is 10.1 Å². The normalized spacial score (nSPS) is 20.0. The van der Waals surface area contributed by atoms with Crippen molar-refractivity contribution in [3.63, 3.8) is 0 Å². The van der Waals surface area contributed by atoms with Crippen molar-refractivity contribution in [3.05, 3.63) is 59.9 Å². The van der Waals surface area contributed by atoms with E-state index in [0.29, 0.717) is 23.6 Å². The summed E-state index contributed by atoms with van der Waals surface area (Å²) in [6.45, 7) is 7.64. The van der Waals surface area contributed by atoms with Crippen molar-refractivity contribution >= 4 is 5.91 Å². The van der Waals surface area contributed by atoms with Gasteiger partial charge in [0.2, 0.25) is 0 Å². The van der Waals surface area contributed by atoms with Gasteiger partial charge < -0.3 is 14.8 Å². The zero-order valence-corrected chi connectivity index (χ0v) is 16.4. The molecule has 1 aliphatic heterocycles. The number of ether oxygens (including phenoxy) is 2. The van der Waals surface area contributed by atoms with Gasteiger partial charge in [-0.3, -0.25) is 9.69 Å². The molecule has 1 fully saturated rings. The molecule has 1 saturated heterocycles. The number of morpholine rings is 1. The maximum absolute atomic E-state index is 12.9. The Morgan fingerprint density at radius 2 is 1.64 bits per heavy atom. The van der Waals surface area contributed by atoms with Crippen LogP contribution in [-0.4, -0.2) is 49.2 Å². The summed E-state index contributed by atoms with van der Waals surface area (Å²) in [6, 6.07) is 12.7. The highest BCUT2D eigenvalue weighted by Crippen LogP contribution is 2.21. The molecule has 0 saturated carbocycles. The Balaban J connectivity index is 1.41. The zero-order valence-electron chi connectivity index (χ0n) is 16.4. The number of carbonyl (C=O) groups excluding carboxylic acids is 1. The molecule has 150 valence electrons. The van der Waals surface area contributed by atoms with E-state index in [2.05, 4.69) is 24.1 Å². The number of carbonyl (C=O) groups is 1. The van der Waals surface area contributed by atoms with Crippen molar-refractivity contribution < 1.29 is 18.7 Å². The van der Waals surface area contributed by atoms with E-state index in [4.69, 9.17) is 9.47 Å². The highest BCUT2D eigenvalue weighted by molar-refractivity contribution is 5.94. The maximum atomic E-state index is 12.9. The van der Waals surface area contributed by atoms with Gasteiger partial charge in [-0.15, -0.1) is 0 Å². The fraction of sp³-hybridized carbons (Fsp3) is 0.409. The first-order valence-electron chi connectivity index (χ1n) is 9.69. The molecule has 2 aromatic rings. The van der Waals surface area contributed by atoms with Gasteiger partial charge in [-0.2, -0.15) is 0 Å². The van der Waals surface area contributed by atoms with Crippen LogP contribution in [0.2, 0.25) is 0 Å². The lowest BCUT2D eigenvalue weighted by Gasteiger charge is -2.35. The van der Waals surface area contributed by atoms with Gasteiger partial charge in [0.1, 0.15) is 17.3 Å². The van der Waals surface area contributed by atoms with Crippen molar-refractivity contribution in [1.82, 2.24) is 10.2 Å². The second-order valence-corrected chi connectivity index (χ2v) is 7.21. The molecule has 0 spiro atoms. The second kappa shape index (κ2) is 9.66. The smallest absolute Gasteiger partial charge is 0.251 e. The summed E-state index contributed by atoms with van der Waals surface area (Å²) in [6.07, 6.45) is 1.42. The number of benzene rings is 2. The molecule has 1 N–H and O–H groups in total. The molecule has 2 atom stereocenters. The van der Waals surface area contributed by atoms with Gasteiger partial charge in [0, 0.05) is 31.7 Å². The monoisotopic (exact) mass is 386 g/mol. The predicted molar refractivity (Wildman–Crippen MR) is 106 cm³/mol. The lowest BCUT2D eigenvalue weighted by atomic mass is 10.2. The van der Waals surface area contributed by atoms with Crippen molar-refractivity contribution in [2.24, 2.45) is 0 Å². The highest BCUT2D eigenvalue weighted by atomic mass is 19.1. The molecule has 1 aliphatic rings. The summed E-state index contributed by atoms with van der Waals surface area (Å²) >= 11 is 0. The zero-order chi connectivity index (χ0) is 19.9. The van der Waals surface area contributed by atoms with Gasteiger partial charge >= 0.3 is 0 Å². The van der Waals surface area contributed by atoms with Crippen LogP contribution >= 0.6 is 0 Å².